The van der Waals surface area contributed by atoms with Crippen LogP contribution in [0.25, 0.3) is 11.3 Å². The molecule has 1 fully saturated rings. The number of aromatic nitrogens is 3. The maximum atomic E-state index is 12.3. The van der Waals surface area contributed by atoms with Crippen molar-refractivity contribution in [2.24, 2.45) is 0 Å². The van der Waals surface area contributed by atoms with E-state index in [0.29, 0.717) is 12.3 Å². The number of anilines is 2. The molecule has 3 N–H and O–H groups in total. The van der Waals surface area contributed by atoms with E-state index in [1.54, 1.807) is 12.3 Å². The first-order chi connectivity index (χ1) is 16.0. The van der Waals surface area contributed by atoms with Crippen molar-refractivity contribution in [1.29, 1.82) is 0 Å². The Labute approximate surface area is 193 Å². The number of rotatable bonds is 7. The number of hydrogen-bond acceptors (Lipinski definition) is 8. The monoisotopic (exact) mass is 447 g/mol. The van der Waals surface area contributed by atoms with E-state index in [9.17, 15) is 4.79 Å². The summed E-state index contributed by atoms with van der Waals surface area (Å²) in [6.45, 7) is 8.04. The molecule has 0 saturated carbocycles. The number of ether oxygens (including phenoxy) is 1. The van der Waals surface area contributed by atoms with Crippen LogP contribution in [-0.2, 0) is 0 Å². The number of aryl methyl sites for hydroxylation is 1. The highest BCUT2D eigenvalue weighted by atomic mass is 16.5. The molecule has 3 aromatic rings. The van der Waals surface area contributed by atoms with Crippen LogP contribution < -0.4 is 15.8 Å². The van der Waals surface area contributed by atoms with Crippen molar-refractivity contribution in [1.82, 2.24) is 24.8 Å². The number of nitrogen functional groups attached to an aromatic ring is 1. The minimum absolute atomic E-state index is 0.0839. The van der Waals surface area contributed by atoms with E-state index < -0.39 is 5.91 Å². The van der Waals surface area contributed by atoms with Gasteiger partial charge < -0.3 is 20.7 Å². The summed E-state index contributed by atoms with van der Waals surface area (Å²) >= 11 is 0. The number of carbonyl (C=O) groups excluding carboxylic acids is 1. The molecule has 1 aliphatic heterocycles. The molecule has 1 saturated heterocycles. The fraction of sp³-hybridized carbons (Fsp3) is 0.333. The molecule has 1 aliphatic rings. The molecule has 0 spiro atoms. The molecule has 0 aliphatic carbocycles. The summed E-state index contributed by atoms with van der Waals surface area (Å²) < 4.78 is 5.98. The minimum Gasteiger partial charge on any atom is -0.492 e. The summed E-state index contributed by atoms with van der Waals surface area (Å²) in [7, 11) is 2.16. The Morgan fingerprint density at radius 1 is 1.09 bits per heavy atom. The molecule has 9 nitrogen and oxygen atoms in total. The Balaban J connectivity index is 1.34. The summed E-state index contributed by atoms with van der Waals surface area (Å²) in [4.78, 5) is 29.5. The van der Waals surface area contributed by atoms with Crippen molar-refractivity contribution in [3.05, 3.63) is 60.2 Å². The molecule has 1 aromatic carbocycles. The van der Waals surface area contributed by atoms with E-state index in [-0.39, 0.29) is 11.5 Å². The highest BCUT2D eigenvalue weighted by Crippen LogP contribution is 2.26. The number of benzene rings is 1. The van der Waals surface area contributed by atoms with Gasteiger partial charge in [-0.3, -0.25) is 14.7 Å². The van der Waals surface area contributed by atoms with Gasteiger partial charge in [-0.1, -0.05) is 0 Å². The van der Waals surface area contributed by atoms with Gasteiger partial charge in [-0.15, -0.1) is 0 Å². The van der Waals surface area contributed by atoms with Crippen LogP contribution >= 0.6 is 0 Å². The smallest absolute Gasteiger partial charge is 0.278 e. The number of pyridine rings is 1. The van der Waals surface area contributed by atoms with E-state index in [2.05, 4.69) is 37.1 Å². The molecule has 4 rings (SSSR count). The first-order valence-corrected chi connectivity index (χ1v) is 11.0. The summed E-state index contributed by atoms with van der Waals surface area (Å²) in [6.07, 6.45) is 4.48. The van der Waals surface area contributed by atoms with Gasteiger partial charge in [-0.25, -0.2) is 9.97 Å². The van der Waals surface area contributed by atoms with Crippen LogP contribution in [0.3, 0.4) is 0 Å². The van der Waals surface area contributed by atoms with Crippen molar-refractivity contribution in [3.8, 4) is 17.0 Å². The predicted octanol–water partition coefficient (Wildman–Crippen LogP) is 2.31. The fourth-order valence-electron chi connectivity index (χ4n) is 3.72. The Bertz CT molecular complexity index is 1100. The molecular weight excluding hydrogens is 418 g/mol. The molecule has 3 heterocycles. The zero-order valence-corrected chi connectivity index (χ0v) is 19.0. The minimum atomic E-state index is -0.426. The molecule has 0 unspecified atom stereocenters. The maximum Gasteiger partial charge on any atom is 0.278 e. The number of piperazine rings is 1. The summed E-state index contributed by atoms with van der Waals surface area (Å²) in [5.74, 6) is 0.515. The Morgan fingerprint density at radius 3 is 2.58 bits per heavy atom. The van der Waals surface area contributed by atoms with Crippen LogP contribution in [0, 0.1) is 6.92 Å². The van der Waals surface area contributed by atoms with Gasteiger partial charge in [-0.2, -0.15) is 0 Å². The fourth-order valence-corrected chi connectivity index (χ4v) is 3.72. The van der Waals surface area contributed by atoms with Gasteiger partial charge in [-0.05, 0) is 49.9 Å². The molecule has 172 valence electrons. The number of likely N-dealkylation sites (N-methyl/N-ethyl adjacent to an activating group) is 1. The first kappa shape index (κ1) is 22.6. The largest absolute Gasteiger partial charge is 0.492 e. The highest BCUT2D eigenvalue weighted by molar-refractivity contribution is 6.05. The van der Waals surface area contributed by atoms with E-state index in [1.807, 2.05) is 31.2 Å². The SMILES string of the molecule is Cc1cc(OCCN2CCN(C)CC2)ccc1-c1ccc(NC(=O)c2nccnc2N)cn1. The van der Waals surface area contributed by atoms with Crippen LogP contribution in [0.15, 0.2) is 48.9 Å². The number of carbonyl (C=O) groups is 1. The number of nitrogens with two attached hydrogens (primary N) is 1. The lowest BCUT2D eigenvalue weighted by Crippen LogP contribution is -2.45. The van der Waals surface area contributed by atoms with Crippen molar-refractivity contribution in [3.63, 3.8) is 0 Å². The van der Waals surface area contributed by atoms with Gasteiger partial charge >= 0.3 is 0 Å². The molecule has 0 bridgehead atoms. The maximum absolute atomic E-state index is 12.3. The number of nitrogens with one attached hydrogen (secondary N) is 1. The third-order valence-electron chi connectivity index (χ3n) is 5.71. The van der Waals surface area contributed by atoms with Crippen LogP contribution in [-0.4, -0.2) is 77.0 Å². The quantitative estimate of drug-likeness (QED) is 0.568. The third kappa shape index (κ3) is 5.82. The van der Waals surface area contributed by atoms with Crippen molar-refractivity contribution < 1.29 is 9.53 Å². The normalized spacial score (nSPS) is 14.7. The zero-order chi connectivity index (χ0) is 23.2. The van der Waals surface area contributed by atoms with E-state index >= 15 is 0 Å². The summed E-state index contributed by atoms with van der Waals surface area (Å²) in [6, 6.07) is 9.69. The second kappa shape index (κ2) is 10.4. The molecule has 0 atom stereocenters. The van der Waals surface area contributed by atoms with Crippen LogP contribution in [0.2, 0.25) is 0 Å². The van der Waals surface area contributed by atoms with Crippen molar-refractivity contribution >= 4 is 17.4 Å². The average molecular weight is 448 g/mol. The highest BCUT2D eigenvalue weighted by Gasteiger charge is 2.14. The Morgan fingerprint density at radius 2 is 1.88 bits per heavy atom. The molecule has 2 aromatic heterocycles. The summed E-state index contributed by atoms with van der Waals surface area (Å²) in [5, 5.41) is 2.74. The predicted molar refractivity (Wildman–Crippen MR) is 128 cm³/mol. The van der Waals surface area contributed by atoms with Gasteiger partial charge in [0.25, 0.3) is 5.91 Å². The molecule has 9 heteroatoms. The van der Waals surface area contributed by atoms with Crippen molar-refractivity contribution in [2.45, 2.75) is 6.92 Å². The van der Waals surface area contributed by atoms with Crippen molar-refractivity contribution in [2.75, 3.05) is 57.4 Å². The second-order valence-electron chi connectivity index (χ2n) is 8.15. The topological polar surface area (TPSA) is 110 Å². The van der Waals surface area contributed by atoms with Crippen LogP contribution in [0.1, 0.15) is 16.1 Å². The Kier molecular flexibility index (Phi) is 7.11. The Hall–Kier alpha value is -3.56. The lowest BCUT2D eigenvalue weighted by Gasteiger charge is -2.32. The van der Waals surface area contributed by atoms with Gasteiger partial charge in [0, 0.05) is 50.7 Å². The first-order valence-electron chi connectivity index (χ1n) is 11.0. The third-order valence-corrected chi connectivity index (χ3v) is 5.71. The van der Waals surface area contributed by atoms with Gasteiger partial charge in [0.15, 0.2) is 11.5 Å². The van der Waals surface area contributed by atoms with Gasteiger partial charge in [0.1, 0.15) is 12.4 Å². The van der Waals surface area contributed by atoms with Gasteiger partial charge in [0.2, 0.25) is 0 Å². The standard InChI is InChI=1S/C24H29N7O2/c1-17-15-19(33-14-13-31-11-9-30(2)10-12-31)4-5-20(17)21-6-3-18(16-28-21)29-24(32)22-23(25)27-8-7-26-22/h3-8,15-16H,9-14H2,1-2H3,(H2,25,27)(H,29,32). The zero-order valence-electron chi connectivity index (χ0n) is 19.0. The van der Waals surface area contributed by atoms with E-state index in [0.717, 1.165) is 55.3 Å². The lowest BCUT2D eigenvalue weighted by molar-refractivity contribution is 0.102. The summed E-state index contributed by atoms with van der Waals surface area (Å²) in [5.41, 5.74) is 9.25. The van der Waals surface area contributed by atoms with Crippen LogP contribution in [0.5, 0.6) is 5.75 Å². The molecule has 33 heavy (non-hydrogen) atoms. The number of hydrogen-bond donors (Lipinski definition) is 2. The van der Waals surface area contributed by atoms with E-state index in [4.69, 9.17) is 10.5 Å². The molecule has 0 radical (unpaired) electrons. The molecular formula is C24H29N7O2. The molecule has 1 amide bonds. The number of nitrogens with zero attached hydrogens (tertiary/aromatic N) is 5. The second-order valence-corrected chi connectivity index (χ2v) is 8.15. The average Bonchev–Trinajstić information content (AvgIpc) is 2.81. The van der Waals surface area contributed by atoms with Gasteiger partial charge in [0.05, 0.1) is 17.6 Å². The van der Waals surface area contributed by atoms with E-state index in [1.165, 1.54) is 12.4 Å². The number of amides is 1. The van der Waals surface area contributed by atoms with Crippen LogP contribution in [0.4, 0.5) is 11.5 Å². The lowest BCUT2D eigenvalue weighted by atomic mass is 10.0.